The molecule has 1 aromatic carbocycles. The van der Waals surface area contributed by atoms with Crippen LogP contribution in [0.5, 0.6) is 0 Å². The molecule has 1 aliphatic carbocycles. The zero-order chi connectivity index (χ0) is 13.8. The quantitative estimate of drug-likeness (QED) is 0.831. The maximum atomic E-state index is 13.5. The largest absolute Gasteiger partial charge is 0.396 e. The average Bonchev–Trinajstić information content (AvgIpc) is 2.81. The molecule has 0 unspecified atom stereocenters. The van der Waals surface area contributed by atoms with Crippen molar-refractivity contribution in [3.8, 4) is 0 Å². The number of aliphatic hydroxyl groups is 1. The summed E-state index contributed by atoms with van der Waals surface area (Å²) in [5.74, 6) is -0.666. The van der Waals surface area contributed by atoms with E-state index in [1.54, 1.807) is 6.07 Å². The Labute approximate surface area is 116 Å². The van der Waals surface area contributed by atoms with Crippen molar-refractivity contribution in [2.45, 2.75) is 18.9 Å². The predicted molar refractivity (Wildman–Crippen MR) is 71.4 cm³/mol. The fraction of sp³-hybridized carbons (Fsp3) is 0.357. The zero-order valence-corrected chi connectivity index (χ0v) is 11.0. The predicted octanol–water partition coefficient (Wildman–Crippen LogP) is 2.07. The van der Waals surface area contributed by atoms with Gasteiger partial charge in [-0.1, -0.05) is 29.8 Å². The Balaban J connectivity index is 1.94. The molecule has 0 aliphatic heterocycles. The van der Waals surface area contributed by atoms with Crippen molar-refractivity contribution in [3.05, 3.63) is 46.8 Å². The minimum atomic E-state index is -0.474. The summed E-state index contributed by atoms with van der Waals surface area (Å²) in [5, 5.41) is 12.0. The molecule has 1 amide bonds. The molecule has 5 heteroatoms. The second-order valence-electron chi connectivity index (χ2n) is 4.61. The second-order valence-corrected chi connectivity index (χ2v) is 5.02. The number of carbonyl (C=O) groups excluding carboxylic acids is 1. The number of benzene rings is 1. The van der Waals surface area contributed by atoms with Crippen molar-refractivity contribution in [2.75, 3.05) is 6.61 Å². The van der Waals surface area contributed by atoms with Crippen LogP contribution in [-0.4, -0.2) is 23.7 Å². The van der Waals surface area contributed by atoms with Crippen molar-refractivity contribution >= 4 is 17.5 Å². The number of hydrogen-bond acceptors (Lipinski definition) is 2. The lowest BCUT2D eigenvalue weighted by molar-refractivity contribution is -0.120. The van der Waals surface area contributed by atoms with Crippen LogP contribution in [0.25, 0.3) is 0 Å². The Morgan fingerprint density at radius 2 is 2.26 bits per heavy atom. The van der Waals surface area contributed by atoms with Gasteiger partial charge in [0.05, 0.1) is 6.42 Å². The lowest BCUT2D eigenvalue weighted by atomic mass is 10.1. The standard InChI is InChI=1S/C14H15ClFNO2/c15-12-2-1-3-13(16)11(12)7-14(19)17-10-5-4-9(6-10)8-18/h1-5,9-10,18H,6-8H2,(H,17,19)/t9-,10+/m0/s1. The molecule has 102 valence electrons. The number of hydrogen-bond donors (Lipinski definition) is 2. The topological polar surface area (TPSA) is 49.3 Å². The first kappa shape index (κ1) is 14.0. The van der Waals surface area contributed by atoms with Crippen LogP contribution in [-0.2, 0) is 11.2 Å². The van der Waals surface area contributed by atoms with Gasteiger partial charge in [0.15, 0.2) is 0 Å². The summed E-state index contributed by atoms with van der Waals surface area (Å²) in [5.41, 5.74) is 0.211. The third-order valence-corrected chi connectivity index (χ3v) is 3.51. The SMILES string of the molecule is O=C(Cc1c(F)cccc1Cl)N[C@@H]1C=C[C@H](CO)C1. The highest BCUT2D eigenvalue weighted by Gasteiger charge is 2.20. The van der Waals surface area contributed by atoms with E-state index in [9.17, 15) is 9.18 Å². The molecular formula is C14H15ClFNO2. The molecule has 0 radical (unpaired) electrons. The van der Waals surface area contributed by atoms with Crippen LogP contribution in [0.4, 0.5) is 4.39 Å². The minimum absolute atomic E-state index is 0.0714. The number of amides is 1. The summed E-state index contributed by atoms with van der Waals surface area (Å²) in [6, 6.07) is 4.25. The van der Waals surface area contributed by atoms with Crippen LogP contribution in [0.3, 0.4) is 0 Å². The molecule has 3 nitrogen and oxygen atoms in total. The minimum Gasteiger partial charge on any atom is -0.396 e. The van der Waals surface area contributed by atoms with Gasteiger partial charge < -0.3 is 10.4 Å². The Bertz CT molecular complexity index is 484. The second kappa shape index (κ2) is 6.17. The van der Waals surface area contributed by atoms with Crippen molar-refractivity contribution in [1.82, 2.24) is 5.32 Å². The van der Waals surface area contributed by atoms with Gasteiger partial charge in [0, 0.05) is 29.2 Å². The molecule has 2 N–H and O–H groups in total. The Kier molecular flexibility index (Phi) is 4.56. The average molecular weight is 284 g/mol. The summed E-state index contributed by atoms with van der Waals surface area (Å²) >= 11 is 5.87. The highest BCUT2D eigenvalue weighted by atomic mass is 35.5. The molecule has 0 aromatic heterocycles. The number of aliphatic hydroxyl groups excluding tert-OH is 1. The van der Waals surface area contributed by atoms with Gasteiger partial charge in [0.1, 0.15) is 5.82 Å². The van der Waals surface area contributed by atoms with Crippen molar-refractivity contribution in [3.63, 3.8) is 0 Å². The Morgan fingerprint density at radius 3 is 2.89 bits per heavy atom. The Morgan fingerprint density at radius 1 is 1.47 bits per heavy atom. The molecule has 1 aromatic rings. The molecule has 0 fully saturated rings. The summed E-state index contributed by atoms with van der Waals surface area (Å²) in [6.45, 7) is 0.0714. The van der Waals surface area contributed by atoms with E-state index in [0.717, 1.165) is 0 Å². The summed E-state index contributed by atoms with van der Waals surface area (Å²) < 4.78 is 13.5. The fourth-order valence-corrected chi connectivity index (χ4v) is 2.37. The molecule has 19 heavy (non-hydrogen) atoms. The summed E-state index contributed by atoms with van der Waals surface area (Å²) in [4.78, 5) is 11.8. The highest BCUT2D eigenvalue weighted by molar-refractivity contribution is 6.31. The molecule has 0 saturated heterocycles. The summed E-state index contributed by atoms with van der Waals surface area (Å²) in [7, 11) is 0. The maximum absolute atomic E-state index is 13.5. The van der Waals surface area contributed by atoms with Crippen LogP contribution >= 0.6 is 11.6 Å². The first-order valence-electron chi connectivity index (χ1n) is 6.11. The lowest BCUT2D eigenvalue weighted by Gasteiger charge is -2.13. The normalized spacial score (nSPS) is 21.6. The molecule has 0 bridgehead atoms. The molecule has 0 heterocycles. The van der Waals surface area contributed by atoms with Gasteiger partial charge in [-0.25, -0.2) is 4.39 Å². The summed E-state index contributed by atoms with van der Waals surface area (Å²) in [6.07, 6.45) is 4.32. The molecule has 0 spiro atoms. The first-order chi connectivity index (χ1) is 9.10. The smallest absolute Gasteiger partial charge is 0.225 e. The van der Waals surface area contributed by atoms with E-state index in [1.807, 2.05) is 12.2 Å². The van der Waals surface area contributed by atoms with Crippen LogP contribution in [0, 0.1) is 11.7 Å². The van der Waals surface area contributed by atoms with Gasteiger partial charge in [-0.15, -0.1) is 0 Å². The molecular weight excluding hydrogens is 269 g/mol. The van der Waals surface area contributed by atoms with E-state index in [0.29, 0.717) is 6.42 Å². The van der Waals surface area contributed by atoms with Gasteiger partial charge >= 0.3 is 0 Å². The number of carbonyl (C=O) groups is 1. The number of halogens is 2. The Hall–Kier alpha value is -1.39. The van der Waals surface area contributed by atoms with E-state index in [-0.39, 0.29) is 41.5 Å². The van der Waals surface area contributed by atoms with E-state index in [1.165, 1.54) is 12.1 Å². The van der Waals surface area contributed by atoms with E-state index >= 15 is 0 Å². The van der Waals surface area contributed by atoms with E-state index < -0.39 is 5.82 Å². The first-order valence-corrected chi connectivity index (χ1v) is 6.49. The van der Waals surface area contributed by atoms with Crippen molar-refractivity contribution in [2.24, 2.45) is 5.92 Å². The molecule has 0 saturated carbocycles. The van der Waals surface area contributed by atoms with E-state index in [4.69, 9.17) is 16.7 Å². The van der Waals surface area contributed by atoms with Gasteiger partial charge in [0.25, 0.3) is 0 Å². The molecule has 2 rings (SSSR count). The van der Waals surface area contributed by atoms with Crippen molar-refractivity contribution < 1.29 is 14.3 Å². The van der Waals surface area contributed by atoms with Crippen LogP contribution in [0.1, 0.15) is 12.0 Å². The maximum Gasteiger partial charge on any atom is 0.225 e. The van der Waals surface area contributed by atoms with Gasteiger partial charge in [0.2, 0.25) is 5.91 Å². The van der Waals surface area contributed by atoms with Gasteiger partial charge in [-0.3, -0.25) is 4.79 Å². The fourth-order valence-electron chi connectivity index (χ4n) is 2.14. The van der Waals surface area contributed by atoms with Gasteiger partial charge in [-0.05, 0) is 18.6 Å². The van der Waals surface area contributed by atoms with Gasteiger partial charge in [-0.2, -0.15) is 0 Å². The highest BCUT2D eigenvalue weighted by Crippen LogP contribution is 2.20. The van der Waals surface area contributed by atoms with Crippen LogP contribution in [0.15, 0.2) is 30.4 Å². The monoisotopic (exact) mass is 283 g/mol. The third-order valence-electron chi connectivity index (χ3n) is 3.15. The zero-order valence-electron chi connectivity index (χ0n) is 10.3. The number of nitrogens with one attached hydrogen (secondary N) is 1. The van der Waals surface area contributed by atoms with Crippen LogP contribution < -0.4 is 5.32 Å². The lowest BCUT2D eigenvalue weighted by Crippen LogP contribution is -2.34. The van der Waals surface area contributed by atoms with E-state index in [2.05, 4.69) is 5.32 Å². The molecule has 2 atom stereocenters. The number of rotatable bonds is 4. The van der Waals surface area contributed by atoms with Crippen LogP contribution in [0.2, 0.25) is 5.02 Å². The molecule has 1 aliphatic rings. The van der Waals surface area contributed by atoms with Crippen molar-refractivity contribution in [1.29, 1.82) is 0 Å². The third kappa shape index (κ3) is 3.55.